The van der Waals surface area contributed by atoms with E-state index < -0.39 is 10.0 Å². The van der Waals surface area contributed by atoms with Crippen LogP contribution < -0.4 is 5.32 Å². The van der Waals surface area contributed by atoms with Crippen LogP contribution in [0.15, 0.2) is 27.6 Å². The van der Waals surface area contributed by atoms with E-state index in [-0.39, 0.29) is 10.9 Å². The van der Waals surface area contributed by atoms with Gasteiger partial charge in [0.1, 0.15) is 0 Å². The first-order chi connectivity index (χ1) is 8.91. The van der Waals surface area contributed by atoms with Crippen LogP contribution in [0.2, 0.25) is 5.02 Å². The zero-order chi connectivity index (χ0) is 14.0. The molecule has 1 unspecified atom stereocenters. The predicted octanol–water partition coefficient (Wildman–Crippen LogP) is 2.48. The van der Waals surface area contributed by atoms with Gasteiger partial charge in [0.25, 0.3) is 0 Å². The van der Waals surface area contributed by atoms with Crippen LogP contribution in [0.3, 0.4) is 0 Å². The fourth-order valence-electron chi connectivity index (χ4n) is 2.14. The minimum Gasteiger partial charge on any atom is -0.313 e. The van der Waals surface area contributed by atoms with E-state index in [1.807, 2.05) is 0 Å². The molecule has 1 aromatic rings. The molecule has 0 radical (unpaired) electrons. The summed E-state index contributed by atoms with van der Waals surface area (Å²) >= 11 is 9.13. The number of sulfonamides is 1. The van der Waals surface area contributed by atoms with Crippen molar-refractivity contribution in [3.8, 4) is 0 Å². The fourth-order valence-corrected chi connectivity index (χ4v) is 4.03. The Hall–Kier alpha value is -0.140. The van der Waals surface area contributed by atoms with Gasteiger partial charge in [0.2, 0.25) is 10.0 Å². The monoisotopic (exact) mass is 366 g/mol. The Kier molecular flexibility index (Phi) is 4.89. The Morgan fingerprint density at radius 2 is 2.26 bits per heavy atom. The predicted molar refractivity (Wildman–Crippen MR) is 80.0 cm³/mol. The fraction of sp³-hybridized carbons (Fsp3) is 0.500. The molecule has 19 heavy (non-hydrogen) atoms. The first-order valence-corrected chi connectivity index (χ1v) is 8.67. The minimum atomic E-state index is -3.46. The van der Waals surface area contributed by atoms with E-state index >= 15 is 0 Å². The summed E-state index contributed by atoms with van der Waals surface area (Å²) in [4.78, 5) is 0.254. The van der Waals surface area contributed by atoms with Crippen LogP contribution in [0, 0.1) is 0 Å². The number of rotatable bonds is 4. The van der Waals surface area contributed by atoms with E-state index in [9.17, 15) is 8.42 Å². The first-order valence-electron chi connectivity index (χ1n) is 6.06. The quantitative estimate of drug-likeness (QED) is 0.889. The van der Waals surface area contributed by atoms with Crippen LogP contribution in [0.5, 0.6) is 0 Å². The summed E-state index contributed by atoms with van der Waals surface area (Å²) in [5.41, 5.74) is 0. The van der Waals surface area contributed by atoms with Crippen LogP contribution in [-0.4, -0.2) is 38.9 Å². The molecule has 0 spiro atoms. The molecule has 7 heteroatoms. The zero-order valence-corrected chi connectivity index (χ0v) is 13.7. The van der Waals surface area contributed by atoms with Gasteiger partial charge in [-0.3, -0.25) is 0 Å². The molecule has 4 nitrogen and oxygen atoms in total. The molecular formula is C12H16BrClN2O2S. The van der Waals surface area contributed by atoms with Crippen LogP contribution in [0.1, 0.15) is 12.8 Å². The SMILES string of the molecule is CN(CC1CCCN1)S(=O)(=O)c1ccc(Cl)c(Br)c1. The van der Waals surface area contributed by atoms with Crippen molar-refractivity contribution in [3.63, 3.8) is 0 Å². The molecule has 0 aliphatic carbocycles. The first kappa shape index (κ1) is 15.3. The van der Waals surface area contributed by atoms with Crippen molar-refractivity contribution in [2.45, 2.75) is 23.8 Å². The van der Waals surface area contributed by atoms with E-state index in [0.29, 0.717) is 16.0 Å². The van der Waals surface area contributed by atoms with Crippen molar-refractivity contribution >= 4 is 37.6 Å². The van der Waals surface area contributed by atoms with E-state index in [1.54, 1.807) is 13.1 Å². The number of hydrogen-bond acceptors (Lipinski definition) is 3. The lowest BCUT2D eigenvalue weighted by atomic mass is 10.2. The number of likely N-dealkylation sites (N-methyl/N-ethyl adjacent to an activating group) is 1. The lowest BCUT2D eigenvalue weighted by Gasteiger charge is -2.21. The molecule has 0 bridgehead atoms. The molecule has 1 aliphatic heterocycles. The molecule has 1 N–H and O–H groups in total. The average molecular weight is 368 g/mol. The molecule has 1 saturated heterocycles. The van der Waals surface area contributed by atoms with Crippen molar-refractivity contribution in [2.24, 2.45) is 0 Å². The van der Waals surface area contributed by atoms with Gasteiger partial charge in [-0.05, 0) is 53.5 Å². The van der Waals surface area contributed by atoms with E-state index in [4.69, 9.17) is 11.6 Å². The summed E-state index contributed by atoms with van der Waals surface area (Å²) in [5.74, 6) is 0. The maximum atomic E-state index is 12.4. The molecule has 0 aromatic heterocycles. The van der Waals surface area contributed by atoms with Gasteiger partial charge in [-0.15, -0.1) is 0 Å². The smallest absolute Gasteiger partial charge is 0.242 e. The number of hydrogen-bond donors (Lipinski definition) is 1. The highest BCUT2D eigenvalue weighted by atomic mass is 79.9. The van der Waals surface area contributed by atoms with Gasteiger partial charge in [0.15, 0.2) is 0 Å². The third kappa shape index (κ3) is 3.49. The summed E-state index contributed by atoms with van der Waals surface area (Å²) in [5, 5.41) is 3.79. The van der Waals surface area contributed by atoms with Gasteiger partial charge in [-0.1, -0.05) is 11.6 Å². The van der Waals surface area contributed by atoms with Crippen molar-refractivity contribution in [1.82, 2.24) is 9.62 Å². The van der Waals surface area contributed by atoms with E-state index in [0.717, 1.165) is 19.4 Å². The third-order valence-corrected chi connectivity index (χ3v) is 6.27. The Morgan fingerprint density at radius 3 is 2.84 bits per heavy atom. The second-order valence-corrected chi connectivity index (χ2v) is 7.96. The standard InChI is InChI=1S/C12H16BrClN2O2S/c1-16(8-9-3-2-6-15-9)19(17,18)10-4-5-12(14)11(13)7-10/h4-5,7,9,15H,2-3,6,8H2,1H3. The van der Waals surface area contributed by atoms with Gasteiger partial charge in [-0.25, -0.2) is 8.42 Å². The molecule has 1 aromatic carbocycles. The molecule has 0 amide bonds. The molecule has 1 aliphatic rings. The average Bonchev–Trinajstić information content (AvgIpc) is 2.85. The normalized spacial score (nSPS) is 20.1. The van der Waals surface area contributed by atoms with Crippen molar-refractivity contribution in [2.75, 3.05) is 20.1 Å². The van der Waals surface area contributed by atoms with Crippen molar-refractivity contribution in [1.29, 1.82) is 0 Å². The van der Waals surface area contributed by atoms with Crippen LogP contribution in [-0.2, 0) is 10.0 Å². The van der Waals surface area contributed by atoms with Gasteiger partial charge in [0.05, 0.1) is 9.92 Å². The van der Waals surface area contributed by atoms with Crippen LogP contribution in [0.4, 0.5) is 0 Å². The van der Waals surface area contributed by atoms with Crippen molar-refractivity contribution < 1.29 is 8.42 Å². The Balaban J connectivity index is 2.18. The number of nitrogens with zero attached hydrogens (tertiary/aromatic N) is 1. The summed E-state index contributed by atoms with van der Waals surface area (Å²) in [6, 6.07) is 4.90. The molecule has 1 fully saturated rings. The summed E-state index contributed by atoms with van der Waals surface area (Å²) in [6.45, 7) is 1.45. The highest BCUT2D eigenvalue weighted by Crippen LogP contribution is 2.26. The highest BCUT2D eigenvalue weighted by Gasteiger charge is 2.25. The topological polar surface area (TPSA) is 49.4 Å². The highest BCUT2D eigenvalue weighted by molar-refractivity contribution is 9.10. The molecule has 106 valence electrons. The second kappa shape index (κ2) is 6.10. The summed E-state index contributed by atoms with van der Waals surface area (Å²) in [7, 11) is -1.85. The number of nitrogens with one attached hydrogen (secondary N) is 1. The lowest BCUT2D eigenvalue weighted by molar-refractivity contribution is 0.417. The van der Waals surface area contributed by atoms with Crippen molar-refractivity contribution in [3.05, 3.63) is 27.7 Å². The van der Waals surface area contributed by atoms with E-state index in [1.165, 1.54) is 16.4 Å². The summed E-state index contributed by atoms with van der Waals surface area (Å²) < 4.78 is 26.8. The number of halogens is 2. The van der Waals surface area contributed by atoms with Crippen LogP contribution >= 0.6 is 27.5 Å². The van der Waals surface area contributed by atoms with Crippen LogP contribution in [0.25, 0.3) is 0 Å². The number of benzene rings is 1. The van der Waals surface area contributed by atoms with Gasteiger partial charge < -0.3 is 5.32 Å². The molecule has 0 saturated carbocycles. The molecule has 2 rings (SSSR count). The largest absolute Gasteiger partial charge is 0.313 e. The maximum absolute atomic E-state index is 12.4. The molecular weight excluding hydrogens is 352 g/mol. The minimum absolute atomic E-state index is 0.246. The van der Waals surface area contributed by atoms with E-state index in [2.05, 4.69) is 21.2 Å². The Morgan fingerprint density at radius 1 is 1.53 bits per heavy atom. The van der Waals surface area contributed by atoms with Gasteiger partial charge in [-0.2, -0.15) is 4.31 Å². The Labute approximate surface area is 127 Å². The lowest BCUT2D eigenvalue weighted by Crippen LogP contribution is -2.38. The Bertz CT molecular complexity index is 559. The van der Waals surface area contributed by atoms with Gasteiger partial charge in [0, 0.05) is 24.1 Å². The third-order valence-electron chi connectivity index (χ3n) is 3.24. The van der Waals surface area contributed by atoms with Gasteiger partial charge >= 0.3 is 0 Å². The second-order valence-electron chi connectivity index (χ2n) is 4.65. The molecule has 1 atom stereocenters. The maximum Gasteiger partial charge on any atom is 0.242 e. The molecule has 1 heterocycles. The summed E-state index contributed by atoms with van der Waals surface area (Å²) in [6.07, 6.45) is 2.12. The zero-order valence-electron chi connectivity index (χ0n) is 10.6.